The summed E-state index contributed by atoms with van der Waals surface area (Å²) < 4.78 is 0. The third-order valence-electron chi connectivity index (χ3n) is 4.37. The molecular weight excluding hydrogens is 354 g/mol. The number of nitrogens with zero attached hydrogens (tertiary/aromatic N) is 1. The minimum Gasteiger partial charge on any atom is -0.325 e. The zero-order valence-corrected chi connectivity index (χ0v) is 15.5. The number of carbonyl (C=O) groups is 1. The molecule has 142 valence electrons. The highest BCUT2D eigenvalue weighted by Gasteiger charge is 2.15. The molecule has 3 aromatic rings. The van der Waals surface area contributed by atoms with Gasteiger partial charge in [-0.3, -0.25) is 20.2 Å². The molecule has 1 atom stereocenters. The van der Waals surface area contributed by atoms with Crippen molar-refractivity contribution in [3.8, 4) is 0 Å². The van der Waals surface area contributed by atoms with E-state index in [4.69, 9.17) is 0 Å². The summed E-state index contributed by atoms with van der Waals surface area (Å²) in [5.74, 6) is -0.220. The summed E-state index contributed by atoms with van der Waals surface area (Å²) in [6.45, 7) is 2.14. The smallest absolute Gasteiger partial charge is 0.269 e. The van der Waals surface area contributed by atoms with Crippen LogP contribution in [0.3, 0.4) is 0 Å². The summed E-state index contributed by atoms with van der Waals surface area (Å²) in [5, 5.41) is 16.8. The maximum atomic E-state index is 12.3. The van der Waals surface area contributed by atoms with E-state index >= 15 is 0 Å². The molecule has 0 radical (unpaired) electrons. The van der Waals surface area contributed by atoms with Crippen LogP contribution in [-0.2, 0) is 4.79 Å². The van der Waals surface area contributed by atoms with Gasteiger partial charge in [-0.1, -0.05) is 60.2 Å². The molecule has 0 fully saturated rings. The first kappa shape index (κ1) is 19.3. The lowest BCUT2D eigenvalue weighted by Gasteiger charge is -2.20. The van der Waals surface area contributed by atoms with Gasteiger partial charge in [0.15, 0.2) is 0 Å². The van der Waals surface area contributed by atoms with Gasteiger partial charge >= 0.3 is 0 Å². The summed E-state index contributed by atoms with van der Waals surface area (Å²) in [6, 6.07) is 23.8. The molecule has 6 nitrogen and oxygen atoms in total. The number of carbonyl (C=O) groups excluding carboxylic acids is 1. The molecule has 0 aliphatic heterocycles. The third kappa shape index (κ3) is 5.02. The van der Waals surface area contributed by atoms with Gasteiger partial charge in [0.1, 0.15) is 0 Å². The molecule has 0 bridgehead atoms. The van der Waals surface area contributed by atoms with Crippen LogP contribution in [0.4, 0.5) is 11.4 Å². The number of amides is 1. The van der Waals surface area contributed by atoms with E-state index in [2.05, 4.69) is 10.6 Å². The quantitative estimate of drug-likeness (QED) is 0.478. The van der Waals surface area contributed by atoms with Crippen LogP contribution in [0, 0.1) is 17.0 Å². The third-order valence-corrected chi connectivity index (χ3v) is 4.37. The Morgan fingerprint density at radius 1 is 0.929 bits per heavy atom. The molecule has 0 saturated carbocycles. The first-order chi connectivity index (χ1) is 13.5. The van der Waals surface area contributed by atoms with Crippen LogP contribution in [0.5, 0.6) is 0 Å². The van der Waals surface area contributed by atoms with E-state index in [-0.39, 0.29) is 24.2 Å². The molecule has 0 saturated heterocycles. The first-order valence-electron chi connectivity index (χ1n) is 8.92. The van der Waals surface area contributed by atoms with Gasteiger partial charge in [0.25, 0.3) is 5.69 Å². The van der Waals surface area contributed by atoms with Gasteiger partial charge in [-0.15, -0.1) is 0 Å². The Labute approximate surface area is 163 Å². The second kappa shape index (κ2) is 8.92. The Kier molecular flexibility index (Phi) is 6.14. The van der Waals surface area contributed by atoms with E-state index in [1.165, 1.54) is 29.8 Å². The Morgan fingerprint density at radius 3 is 2.14 bits per heavy atom. The highest BCUT2D eigenvalue weighted by molar-refractivity contribution is 5.92. The number of non-ortho nitro benzene ring substituents is 1. The van der Waals surface area contributed by atoms with E-state index < -0.39 is 4.92 Å². The van der Waals surface area contributed by atoms with Crippen molar-refractivity contribution in [3.63, 3.8) is 0 Å². The Balaban J connectivity index is 1.68. The topological polar surface area (TPSA) is 84.3 Å². The number of nitrogens with one attached hydrogen (secondary N) is 2. The molecule has 2 N–H and O–H groups in total. The van der Waals surface area contributed by atoms with Crippen molar-refractivity contribution in [1.82, 2.24) is 5.32 Å². The van der Waals surface area contributed by atoms with Crippen LogP contribution in [0.15, 0.2) is 78.9 Å². The lowest BCUT2D eigenvalue weighted by Crippen LogP contribution is -2.31. The van der Waals surface area contributed by atoms with Gasteiger partial charge < -0.3 is 5.32 Å². The number of hydrogen-bond donors (Lipinski definition) is 2. The van der Waals surface area contributed by atoms with E-state index in [9.17, 15) is 14.9 Å². The van der Waals surface area contributed by atoms with Gasteiger partial charge in [-0.2, -0.15) is 0 Å². The van der Waals surface area contributed by atoms with Crippen molar-refractivity contribution in [3.05, 3.63) is 106 Å². The molecule has 1 amide bonds. The van der Waals surface area contributed by atoms with Gasteiger partial charge in [-0.05, 0) is 30.2 Å². The second-order valence-corrected chi connectivity index (χ2v) is 6.49. The lowest BCUT2D eigenvalue weighted by molar-refractivity contribution is -0.384. The Morgan fingerprint density at radius 2 is 1.54 bits per heavy atom. The van der Waals surface area contributed by atoms with Gasteiger partial charge in [0.2, 0.25) is 5.91 Å². The normalized spacial score (nSPS) is 11.6. The second-order valence-electron chi connectivity index (χ2n) is 6.49. The lowest BCUT2D eigenvalue weighted by atomic mass is 9.98. The molecule has 0 aliphatic rings. The average molecular weight is 375 g/mol. The molecule has 3 aromatic carbocycles. The first-order valence-corrected chi connectivity index (χ1v) is 8.92. The van der Waals surface area contributed by atoms with Crippen molar-refractivity contribution < 1.29 is 9.72 Å². The minimum atomic E-state index is -0.473. The van der Waals surface area contributed by atoms with Crippen LogP contribution in [0.2, 0.25) is 0 Å². The van der Waals surface area contributed by atoms with E-state index in [0.29, 0.717) is 5.69 Å². The maximum absolute atomic E-state index is 12.3. The molecule has 6 heteroatoms. The maximum Gasteiger partial charge on any atom is 0.269 e. The average Bonchev–Trinajstić information content (AvgIpc) is 2.70. The molecule has 0 aliphatic carbocycles. The van der Waals surface area contributed by atoms with E-state index in [1.54, 1.807) is 0 Å². The number of nitro groups is 1. The summed E-state index contributed by atoms with van der Waals surface area (Å²) in [7, 11) is 0. The standard InChI is InChI=1S/C22H21N3O3/c1-16-7-9-18(10-8-16)22(17-5-3-2-4-6-17)23-15-21(26)24-19-11-13-20(14-12-19)25(27)28/h2-14,22-23H,15H2,1H3,(H,24,26)/t22-/m0/s1. The van der Waals surface area contributed by atoms with Crippen molar-refractivity contribution in [2.75, 3.05) is 11.9 Å². The summed E-state index contributed by atoms with van der Waals surface area (Å²) >= 11 is 0. The molecule has 0 aromatic heterocycles. The number of rotatable bonds is 7. The zero-order chi connectivity index (χ0) is 19.9. The predicted molar refractivity (Wildman–Crippen MR) is 109 cm³/mol. The van der Waals surface area contributed by atoms with Crippen LogP contribution in [-0.4, -0.2) is 17.4 Å². The van der Waals surface area contributed by atoms with Crippen molar-refractivity contribution >= 4 is 17.3 Å². The number of nitro benzene ring substituents is 1. The highest BCUT2D eigenvalue weighted by atomic mass is 16.6. The van der Waals surface area contributed by atoms with Crippen molar-refractivity contribution in [1.29, 1.82) is 0 Å². The van der Waals surface area contributed by atoms with Crippen LogP contribution < -0.4 is 10.6 Å². The molecule has 0 unspecified atom stereocenters. The number of aryl methyl sites for hydroxylation is 1. The van der Waals surface area contributed by atoms with Gasteiger partial charge in [-0.25, -0.2) is 0 Å². The minimum absolute atomic E-state index is 0.0142. The molecule has 3 rings (SSSR count). The molecular formula is C22H21N3O3. The van der Waals surface area contributed by atoms with Gasteiger partial charge in [0.05, 0.1) is 17.5 Å². The molecule has 28 heavy (non-hydrogen) atoms. The fraction of sp³-hybridized carbons (Fsp3) is 0.136. The number of benzene rings is 3. The monoisotopic (exact) mass is 375 g/mol. The predicted octanol–water partition coefficient (Wildman–Crippen LogP) is 4.22. The summed E-state index contributed by atoms with van der Waals surface area (Å²) in [4.78, 5) is 22.6. The SMILES string of the molecule is Cc1ccc([C@@H](NCC(=O)Nc2ccc([N+](=O)[O-])cc2)c2ccccc2)cc1. The fourth-order valence-corrected chi connectivity index (χ4v) is 2.90. The number of hydrogen-bond acceptors (Lipinski definition) is 4. The fourth-order valence-electron chi connectivity index (χ4n) is 2.90. The summed E-state index contributed by atoms with van der Waals surface area (Å²) in [6.07, 6.45) is 0. The Bertz CT molecular complexity index is 939. The van der Waals surface area contributed by atoms with E-state index in [0.717, 1.165) is 11.1 Å². The van der Waals surface area contributed by atoms with Gasteiger partial charge in [0, 0.05) is 17.8 Å². The van der Waals surface area contributed by atoms with Crippen molar-refractivity contribution in [2.24, 2.45) is 0 Å². The summed E-state index contributed by atoms with van der Waals surface area (Å²) in [5.41, 5.74) is 3.81. The largest absolute Gasteiger partial charge is 0.325 e. The molecule has 0 heterocycles. The van der Waals surface area contributed by atoms with Crippen LogP contribution in [0.1, 0.15) is 22.7 Å². The number of anilines is 1. The van der Waals surface area contributed by atoms with Crippen molar-refractivity contribution in [2.45, 2.75) is 13.0 Å². The van der Waals surface area contributed by atoms with E-state index in [1.807, 2.05) is 61.5 Å². The van der Waals surface area contributed by atoms with Crippen LogP contribution in [0.25, 0.3) is 0 Å². The Hall–Kier alpha value is -3.51. The zero-order valence-electron chi connectivity index (χ0n) is 15.5. The highest BCUT2D eigenvalue weighted by Crippen LogP contribution is 2.22. The van der Waals surface area contributed by atoms with Crippen LogP contribution >= 0.6 is 0 Å². The molecule has 0 spiro atoms.